The summed E-state index contributed by atoms with van der Waals surface area (Å²) < 4.78 is 35.7. The predicted octanol–water partition coefficient (Wildman–Crippen LogP) is 5.96. The maximum Gasteiger partial charge on any atom is 0.308 e. The summed E-state index contributed by atoms with van der Waals surface area (Å²) in [5, 5.41) is 2.47. The van der Waals surface area contributed by atoms with Crippen molar-refractivity contribution >= 4 is 29.4 Å². The highest BCUT2D eigenvalue weighted by atomic mass is 35.5. The predicted molar refractivity (Wildman–Crippen MR) is 149 cm³/mol. The van der Waals surface area contributed by atoms with Gasteiger partial charge in [0.05, 0.1) is 31.2 Å². The lowest BCUT2D eigenvalue weighted by Crippen LogP contribution is -2.46. The Morgan fingerprint density at radius 1 is 1.07 bits per heavy atom. The SMILES string of the molecule is CCOC(=O)CC(c1cc(-c2c(C)cccc2C)cc(F)c1F)N(C(=O)CNC(=O)c1cccnc1Cl)C(C)C. The Labute approximate surface area is 237 Å². The molecule has 0 aliphatic heterocycles. The van der Waals surface area contributed by atoms with Crippen LogP contribution in [0, 0.1) is 25.5 Å². The lowest BCUT2D eigenvalue weighted by Gasteiger charge is -2.35. The van der Waals surface area contributed by atoms with Crippen LogP contribution in [0.3, 0.4) is 0 Å². The van der Waals surface area contributed by atoms with Crippen LogP contribution < -0.4 is 5.32 Å². The van der Waals surface area contributed by atoms with Crippen molar-refractivity contribution in [2.45, 2.75) is 53.1 Å². The number of amides is 2. The molecule has 0 saturated carbocycles. The number of rotatable bonds is 10. The lowest BCUT2D eigenvalue weighted by molar-refractivity contribution is -0.146. The van der Waals surface area contributed by atoms with Crippen LogP contribution in [-0.2, 0) is 14.3 Å². The first-order valence-electron chi connectivity index (χ1n) is 12.9. The fourth-order valence-corrected chi connectivity index (χ4v) is 4.93. The molecule has 3 rings (SSSR count). The number of carbonyl (C=O) groups is 3. The van der Waals surface area contributed by atoms with Crippen LogP contribution in [0.4, 0.5) is 8.78 Å². The molecule has 0 aliphatic rings. The number of hydrogen-bond donors (Lipinski definition) is 1. The van der Waals surface area contributed by atoms with Gasteiger partial charge in [0, 0.05) is 17.8 Å². The molecule has 0 aliphatic carbocycles. The third-order valence-electron chi connectivity index (χ3n) is 6.43. The minimum absolute atomic E-state index is 0.0331. The van der Waals surface area contributed by atoms with E-state index in [1.54, 1.807) is 20.8 Å². The molecule has 0 bridgehead atoms. The molecule has 212 valence electrons. The van der Waals surface area contributed by atoms with Crippen LogP contribution in [0.25, 0.3) is 11.1 Å². The first-order chi connectivity index (χ1) is 19.0. The van der Waals surface area contributed by atoms with Gasteiger partial charge < -0.3 is 15.0 Å². The molecule has 1 atom stereocenters. The van der Waals surface area contributed by atoms with E-state index in [2.05, 4.69) is 10.3 Å². The quantitative estimate of drug-likeness (QED) is 0.240. The number of halogens is 3. The third kappa shape index (κ3) is 7.01. The number of aryl methyl sites for hydroxylation is 2. The van der Waals surface area contributed by atoms with E-state index < -0.39 is 54.5 Å². The fourth-order valence-electron chi connectivity index (χ4n) is 4.72. The second kappa shape index (κ2) is 13.5. The number of nitrogens with zero attached hydrogens (tertiary/aromatic N) is 2. The van der Waals surface area contributed by atoms with Crippen LogP contribution in [0.15, 0.2) is 48.7 Å². The zero-order chi connectivity index (χ0) is 29.6. The molecule has 10 heteroatoms. The van der Waals surface area contributed by atoms with Crippen molar-refractivity contribution in [3.63, 3.8) is 0 Å². The topological polar surface area (TPSA) is 88.6 Å². The number of benzene rings is 2. The van der Waals surface area contributed by atoms with Crippen LogP contribution in [0.5, 0.6) is 0 Å². The van der Waals surface area contributed by atoms with E-state index in [0.29, 0.717) is 5.56 Å². The number of carbonyl (C=O) groups excluding carboxylic acids is 3. The molecule has 40 heavy (non-hydrogen) atoms. The molecule has 0 fully saturated rings. The number of nitrogens with one attached hydrogen (secondary N) is 1. The van der Waals surface area contributed by atoms with Crippen LogP contribution in [-0.4, -0.2) is 46.9 Å². The van der Waals surface area contributed by atoms with E-state index >= 15 is 8.78 Å². The van der Waals surface area contributed by atoms with Gasteiger partial charge in [0.25, 0.3) is 5.91 Å². The van der Waals surface area contributed by atoms with Crippen molar-refractivity contribution in [2.24, 2.45) is 0 Å². The lowest BCUT2D eigenvalue weighted by atomic mass is 9.91. The Bertz CT molecular complexity index is 1390. The summed E-state index contributed by atoms with van der Waals surface area (Å²) in [5.74, 6) is -4.22. The van der Waals surface area contributed by atoms with Gasteiger partial charge in [-0.25, -0.2) is 13.8 Å². The molecule has 3 aromatic rings. The Morgan fingerprint density at radius 3 is 2.35 bits per heavy atom. The summed E-state index contributed by atoms with van der Waals surface area (Å²) >= 11 is 5.99. The van der Waals surface area contributed by atoms with Gasteiger partial charge in [-0.1, -0.05) is 29.8 Å². The van der Waals surface area contributed by atoms with Gasteiger partial charge >= 0.3 is 5.97 Å². The van der Waals surface area contributed by atoms with Gasteiger partial charge in [0.15, 0.2) is 11.6 Å². The Kier molecular flexibility index (Phi) is 10.3. The van der Waals surface area contributed by atoms with Crippen LogP contribution >= 0.6 is 11.6 Å². The van der Waals surface area contributed by atoms with Gasteiger partial charge in [0.2, 0.25) is 5.91 Å². The highest BCUT2D eigenvalue weighted by Gasteiger charge is 2.33. The molecular formula is C30H32ClF2N3O4. The smallest absolute Gasteiger partial charge is 0.308 e. The van der Waals surface area contributed by atoms with Gasteiger partial charge in [-0.2, -0.15) is 0 Å². The molecular weight excluding hydrogens is 540 g/mol. The van der Waals surface area contributed by atoms with Gasteiger partial charge in [0.1, 0.15) is 5.15 Å². The molecule has 1 N–H and O–H groups in total. The van der Waals surface area contributed by atoms with Gasteiger partial charge in [-0.15, -0.1) is 0 Å². The summed E-state index contributed by atoms with van der Waals surface area (Å²) in [5.41, 5.74) is 2.74. The van der Waals surface area contributed by atoms with E-state index in [0.717, 1.165) is 22.8 Å². The summed E-state index contributed by atoms with van der Waals surface area (Å²) in [6.07, 6.45) is 0.998. The van der Waals surface area contributed by atoms with E-state index in [9.17, 15) is 14.4 Å². The molecule has 1 heterocycles. The average Bonchev–Trinajstić information content (AvgIpc) is 2.89. The number of ether oxygens (including phenoxy) is 1. The van der Waals surface area contributed by atoms with Crippen molar-refractivity contribution in [2.75, 3.05) is 13.2 Å². The molecule has 0 spiro atoms. The van der Waals surface area contributed by atoms with Crippen LogP contribution in [0.2, 0.25) is 5.15 Å². The summed E-state index contributed by atoms with van der Waals surface area (Å²) in [6.45, 7) is 8.30. The minimum Gasteiger partial charge on any atom is -0.466 e. The normalized spacial score (nSPS) is 11.7. The van der Waals surface area contributed by atoms with Gasteiger partial charge in [-0.3, -0.25) is 14.4 Å². The highest BCUT2D eigenvalue weighted by Crippen LogP contribution is 2.36. The second-order valence-electron chi connectivity index (χ2n) is 9.57. The number of aromatic nitrogens is 1. The van der Waals surface area contributed by atoms with E-state index in [4.69, 9.17) is 16.3 Å². The van der Waals surface area contributed by atoms with Crippen LogP contribution in [0.1, 0.15) is 60.3 Å². The Balaban J connectivity index is 2.06. The van der Waals surface area contributed by atoms with Crippen molar-refractivity contribution in [1.82, 2.24) is 15.2 Å². The maximum absolute atomic E-state index is 15.5. The minimum atomic E-state index is -1.22. The molecule has 0 saturated heterocycles. The summed E-state index contributed by atoms with van der Waals surface area (Å²) in [4.78, 5) is 43.9. The molecule has 0 radical (unpaired) electrons. The molecule has 1 aromatic heterocycles. The average molecular weight is 572 g/mol. The van der Waals surface area contributed by atoms with E-state index in [-0.39, 0.29) is 22.9 Å². The second-order valence-corrected chi connectivity index (χ2v) is 9.93. The highest BCUT2D eigenvalue weighted by molar-refractivity contribution is 6.32. The number of pyridine rings is 1. The number of esters is 1. The van der Waals surface area contributed by atoms with Crippen molar-refractivity contribution in [3.05, 3.63) is 87.7 Å². The summed E-state index contributed by atoms with van der Waals surface area (Å²) in [7, 11) is 0. The van der Waals surface area contributed by atoms with Crippen molar-refractivity contribution < 1.29 is 27.9 Å². The standard InChI is InChI=1S/C30H32ClF2N3O4/c1-6-40-26(38)15-24(22-13-20(14-23(32)28(22)33)27-18(4)9-7-10-19(27)5)36(17(2)3)25(37)16-35-30(39)21-11-8-12-34-29(21)31/h7-14,17,24H,6,15-16H2,1-5H3,(H,35,39). The first-order valence-corrected chi connectivity index (χ1v) is 13.2. The molecule has 2 aromatic carbocycles. The molecule has 1 unspecified atom stereocenters. The summed E-state index contributed by atoms with van der Waals surface area (Å²) in [6, 6.07) is 9.37. The van der Waals surface area contributed by atoms with Crippen molar-refractivity contribution in [3.8, 4) is 11.1 Å². The fraction of sp³-hybridized carbons (Fsp3) is 0.333. The monoisotopic (exact) mass is 571 g/mol. The number of hydrogen-bond acceptors (Lipinski definition) is 5. The zero-order valence-corrected chi connectivity index (χ0v) is 23.8. The zero-order valence-electron chi connectivity index (χ0n) is 23.1. The first kappa shape index (κ1) is 30.7. The van der Waals surface area contributed by atoms with E-state index in [1.165, 1.54) is 29.3 Å². The largest absolute Gasteiger partial charge is 0.466 e. The molecule has 7 nitrogen and oxygen atoms in total. The van der Waals surface area contributed by atoms with E-state index in [1.807, 2.05) is 32.0 Å². The third-order valence-corrected chi connectivity index (χ3v) is 6.74. The van der Waals surface area contributed by atoms with Crippen molar-refractivity contribution in [1.29, 1.82) is 0 Å². The maximum atomic E-state index is 15.5. The Morgan fingerprint density at radius 2 is 1.75 bits per heavy atom. The molecule has 2 amide bonds. The van der Waals surface area contributed by atoms with Gasteiger partial charge in [-0.05, 0) is 81.1 Å². The Hall–Kier alpha value is -3.85.